The summed E-state index contributed by atoms with van der Waals surface area (Å²) in [6.45, 7) is 0. The fraction of sp³-hybridized carbons (Fsp3) is 0. The van der Waals surface area contributed by atoms with Crippen LogP contribution >= 0.6 is 0 Å². The molecular weight excluding hydrogens is 287 g/mol. The van der Waals surface area contributed by atoms with E-state index < -0.39 is 5.91 Å². The average Bonchev–Trinajstić information content (AvgIpc) is 2.98. The van der Waals surface area contributed by atoms with Crippen LogP contribution in [0.15, 0.2) is 59.1 Å². The number of carbonyl (C=O) groups excluding carboxylic acids is 1. The summed E-state index contributed by atoms with van der Waals surface area (Å²) in [5.41, 5.74) is 1.14. The number of aromatic hydroxyl groups is 1. The molecule has 0 saturated carbocycles. The highest BCUT2D eigenvalue weighted by atomic mass is 19.1. The van der Waals surface area contributed by atoms with Gasteiger partial charge in [-0.05, 0) is 36.4 Å². The van der Waals surface area contributed by atoms with Gasteiger partial charge in [0.15, 0.2) is 11.5 Å². The van der Waals surface area contributed by atoms with Crippen molar-refractivity contribution >= 4 is 11.6 Å². The number of carbonyl (C=O) groups is 1. The van der Waals surface area contributed by atoms with Gasteiger partial charge in [-0.1, -0.05) is 11.2 Å². The Morgan fingerprint density at radius 3 is 2.64 bits per heavy atom. The summed E-state index contributed by atoms with van der Waals surface area (Å²) >= 11 is 0. The second kappa shape index (κ2) is 5.69. The summed E-state index contributed by atoms with van der Waals surface area (Å²) in [6, 6.07) is 13.3. The first-order valence-electron chi connectivity index (χ1n) is 6.45. The molecule has 0 radical (unpaired) electrons. The quantitative estimate of drug-likeness (QED) is 0.776. The van der Waals surface area contributed by atoms with Crippen molar-refractivity contribution in [1.82, 2.24) is 5.16 Å². The Morgan fingerprint density at radius 2 is 1.91 bits per heavy atom. The van der Waals surface area contributed by atoms with E-state index in [0.717, 1.165) is 0 Å². The maximum Gasteiger partial charge on any atom is 0.277 e. The van der Waals surface area contributed by atoms with Crippen molar-refractivity contribution in [2.24, 2.45) is 0 Å². The van der Waals surface area contributed by atoms with Crippen molar-refractivity contribution in [3.8, 4) is 17.1 Å². The minimum Gasteiger partial charge on any atom is -0.508 e. The van der Waals surface area contributed by atoms with Gasteiger partial charge in [0.2, 0.25) is 0 Å². The number of rotatable bonds is 3. The summed E-state index contributed by atoms with van der Waals surface area (Å²) in [4.78, 5) is 12.0. The standard InChI is InChI=1S/C16H11FN2O3/c17-11-6-4-10(5-7-11)15-9-14(19-22-15)16(21)18-12-2-1-3-13(20)8-12/h1-9,20H,(H,18,21). The predicted octanol–water partition coefficient (Wildman–Crippen LogP) is 3.44. The molecule has 0 spiro atoms. The molecule has 0 unspecified atom stereocenters. The largest absolute Gasteiger partial charge is 0.508 e. The molecule has 0 atom stereocenters. The van der Waals surface area contributed by atoms with Gasteiger partial charge in [-0.2, -0.15) is 0 Å². The summed E-state index contributed by atoms with van der Waals surface area (Å²) in [5, 5.41) is 15.6. The van der Waals surface area contributed by atoms with Crippen LogP contribution in [0.4, 0.5) is 10.1 Å². The Kier molecular flexibility index (Phi) is 3.57. The Labute approximate surface area is 125 Å². The molecule has 1 heterocycles. The zero-order chi connectivity index (χ0) is 15.5. The molecular formula is C16H11FN2O3. The van der Waals surface area contributed by atoms with Gasteiger partial charge in [0, 0.05) is 23.4 Å². The van der Waals surface area contributed by atoms with Crippen LogP contribution in [0.5, 0.6) is 5.75 Å². The first kappa shape index (κ1) is 13.8. The van der Waals surface area contributed by atoms with Gasteiger partial charge in [0.05, 0.1) is 0 Å². The first-order chi connectivity index (χ1) is 10.6. The molecule has 0 fully saturated rings. The number of hydrogen-bond donors (Lipinski definition) is 2. The van der Waals surface area contributed by atoms with E-state index in [-0.39, 0.29) is 17.3 Å². The molecule has 0 bridgehead atoms. The lowest BCUT2D eigenvalue weighted by atomic mass is 10.1. The minimum absolute atomic E-state index is 0.0463. The lowest BCUT2D eigenvalue weighted by Gasteiger charge is -2.02. The van der Waals surface area contributed by atoms with Crippen molar-refractivity contribution in [1.29, 1.82) is 0 Å². The fourth-order valence-electron chi connectivity index (χ4n) is 1.91. The summed E-state index contributed by atoms with van der Waals surface area (Å²) in [6.07, 6.45) is 0. The van der Waals surface area contributed by atoms with E-state index in [9.17, 15) is 14.3 Å². The molecule has 110 valence electrons. The maximum absolute atomic E-state index is 12.9. The van der Waals surface area contributed by atoms with Crippen molar-refractivity contribution in [3.63, 3.8) is 0 Å². The number of halogens is 1. The SMILES string of the molecule is O=C(Nc1cccc(O)c1)c1cc(-c2ccc(F)cc2)on1. The van der Waals surface area contributed by atoms with Crippen molar-refractivity contribution < 1.29 is 18.8 Å². The maximum atomic E-state index is 12.9. The summed E-state index contributed by atoms with van der Waals surface area (Å²) < 4.78 is 18.0. The molecule has 0 aliphatic carbocycles. The Balaban J connectivity index is 1.78. The normalized spacial score (nSPS) is 10.4. The van der Waals surface area contributed by atoms with Crippen LogP contribution < -0.4 is 5.32 Å². The van der Waals surface area contributed by atoms with Crippen LogP contribution in [0.1, 0.15) is 10.5 Å². The molecule has 2 N–H and O–H groups in total. The van der Waals surface area contributed by atoms with Gasteiger partial charge in [-0.15, -0.1) is 0 Å². The number of nitrogens with one attached hydrogen (secondary N) is 1. The number of benzene rings is 2. The van der Waals surface area contributed by atoms with Crippen molar-refractivity contribution in [2.75, 3.05) is 5.32 Å². The van der Waals surface area contributed by atoms with Crippen LogP contribution in [0.3, 0.4) is 0 Å². The Morgan fingerprint density at radius 1 is 1.14 bits per heavy atom. The van der Waals surface area contributed by atoms with Crippen molar-refractivity contribution in [2.45, 2.75) is 0 Å². The zero-order valence-corrected chi connectivity index (χ0v) is 11.3. The number of anilines is 1. The third kappa shape index (κ3) is 2.95. The number of phenols is 1. The number of hydrogen-bond acceptors (Lipinski definition) is 4. The van der Waals surface area contributed by atoms with Gasteiger partial charge in [0.25, 0.3) is 5.91 Å². The Bertz CT molecular complexity index is 812. The van der Waals surface area contributed by atoms with Crippen LogP contribution in [0, 0.1) is 5.82 Å². The zero-order valence-electron chi connectivity index (χ0n) is 11.3. The van der Waals surface area contributed by atoms with Crippen LogP contribution in [-0.4, -0.2) is 16.2 Å². The second-order valence-corrected chi connectivity index (χ2v) is 4.59. The number of phenolic OH excluding ortho intramolecular Hbond substituents is 1. The highest BCUT2D eigenvalue weighted by molar-refractivity contribution is 6.03. The lowest BCUT2D eigenvalue weighted by molar-refractivity contribution is 0.101. The van der Waals surface area contributed by atoms with E-state index >= 15 is 0 Å². The van der Waals surface area contributed by atoms with Gasteiger partial charge < -0.3 is 14.9 Å². The van der Waals surface area contributed by atoms with Crippen LogP contribution in [0.2, 0.25) is 0 Å². The monoisotopic (exact) mass is 298 g/mol. The summed E-state index contributed by atoms with van der Waals surface area (Å²) in [7, 11) is 0. The van der Waals surface area contributed by atoms with E-state index in [0.29, 0.717) is 17.0 Å². The number of aromatic nitrogens is 1. The van der Waals surface area contributed by atoms with E-state index in [1.807, 2.05) is 0 Å². The van der Waals surface area contributed by atoms with Crippen LogP contribution in [-0.2, 0) is 0 Å². The predicted molar refractivity (Wildman–Crippen MR) is 78.0 cm³/mol. The lowest BCUT2D eigenvalue weighted by Crippen LogP contribution is -2.11. The fourth-order valence-corrected chi connectivity index (χ4v) is 1.91. The number of amides is 1. The van der Waals surface area contributed by atoms with Gasteiger partial charge in [0.1, 0.15) is 11.6 Å². The van der Waals surface area contributed by atoms with Gasteiger partial charge in [-0.3, -0.25) is 4.79 Å². The molecule has 3 aromatic rings. The number of nitrogens with zero attached hydrogens (tertiary/aromatic N) is 1. The third-order valence-electron chi connectivity index (χ3n) is 2.98. The van der Waals surface area contributed by atoms with Crippen molar-refractivity contribution in [3.05, 3.63) is 66.1 Å². The van der Waals surface area contributed by atoms with Gasteiger partial charge in [-0.25, -0.2) is 4.39 Å². The second-order valence-electron chi connectivity index (χ2n) is 4.59. The molecule has 2 aromatic carbocycles. The third-order valence-corrected chi connectivity index (χ3v) is 2.98. The highest BCUT2D eigenvalue weighted by Crippen LogP contribution is 2.21. The average molecular weight is 298 g/mol. The molecule has 0 aliphatic rings. The highest BCUT2D eigenvalue weighted by Gasteiger charge is 2.14. The molecule has 22 heavy (non-hydrogen) atoms. The van der Waals surface area contributed by atoms with E-state index in [4.69, 9.17) is 4.52 Å². The van der Waals surface area contributed by atoms with Crippen LogP contribution in [0.25, 0.3) is 11.3 Å². The Hall–Kier alpha value is -3.15. The molecule has 1 amide bonds. The smallest absolute Gasteiger partial charge is 0.277 e. The molecule has 5 nitrogen and oxygen atoms in total. The topological polar surface area (TPSA) is 75.4 Å². The summed E-state index contributed by atoms with van der Waals surface area (Å²) in [5.74, 6) is -0.418. The van der Waals surface area contributed by atoms with Gasteiger partial charge >= 0.3 is 0 Å². The van der Waals surface area contributed by atoms with E-state index in [1.165, 1.54) is 42.5 Å². The minimum atomic E-state index is -0.470. The molecule has 3 rings (SSSR count). The molecule has 1 aromatic heterocycles. The van der Waals surface area contributed by atoms with E-state index in [1.54, 1.807) is 12.1 Å². The first-order valence-corrected chi connectivity index (χ1v) is 6.45. The molecule has 0 saturated heterocycles. The molecule has 6 heteroatoms. The molecule has 0 aliphatic heterocycles. The van der Waals surface area contributed by atoms with E-state index in [2.05, 4.69) is 10.5 Å².